The third-order valence-electron chi connectivity index (χ3n) is 2.52. The summed E-state index contributed by atoms with van der Waals surface area (Å²) in [6.45, 7) is 6.59. The summed E-state index contributed by atoms with van der Waals surface area (Å²) in [5.74, 6) is 0.601. The first kappa shape index (κ1) is 12.7. The molecule has 1 atom stereocenters. The Bertz CT molecular complexity index is 323. The maximum Gasteiger partial charge on any atom is 0.0612 e. The fourth-order valence-electron chi connectivity index (χ4n) is 1.54. The summed E-state index contributed by atoms with van der Waals surface area (Å²) in [5, 5.41) is 4.65. The number of benzene rings is 1. The number of halogens is 2. The van der Waals surface area contributed by atoms with Crippen LogP contribution < -0.4 is 5.32 Å². The second-order valence-electron chi connectivity index (χ2n) is 4.03. The van der Waals surface area contributed by atoms with Gasteiger partial charge in [0, 0.05) is 11.7 Å². The average molecular weight is 246 g/mol. The van der Waals surface area contributed by atoms with Gasteiger partial charge in [-0.25, -0.2) is 0 Å². The Morgan fingerprint density at radius 2 is 1.87 bits per heavy atom. The first-order valence-electron chi connectivity index (χ1n) is 5.26. The van der Waals surface area contributed by atoms with Gasteiger partial charge in [-0.3, -0.25) is 0 Å². The SMILES string of the molecule is CCC(Nc1ccc(Cl)c(Cl)c1)C(C)C. The largest absolute Gasteiger partial charge is 0.382 e. The zero-order valence-corrected chi connectivity index (χ0v) is 10.9. The van der Waals surface area contributed by atoms with Crippen molar-refractivity contribution in [3.63, 3.8) is 0 Å². The Labute approximate surface area is 102 Å². The minimum Gasteiger partial charge on any atom is -0.382 e. The minimum absolute atomic E-state index is 0.474. The van der Waals surface area contributed by atoms with E-state index in [2.05, 4.69) is 26.1 Å². The molecule has 0 aliphatic heterocycles. The highest BCUT2D eigenvalue weighted by atomic mass is 35.5. The molecular formula is C12H17Cl2N. The molecule has 1 N–H and O–H groups in total. The first-order chi connectivity index (χ1) is 7.04. The Morgan fingerprint density at radius 3 is 2.33 bits per heavy atom. The highest BCUT2D eigenvalue weighted by Crippen LogP contribution is 2.26. The van der Waals surface area contributed by atoms with Crippen LogP contribution in [0.1, 0.15) is 27.2 Å². The van der Waals surface area contributed by atoms with Gasteiger partial charge in [0.1, 0.15) is 0 Å². The summed E-state index contributed by atoms with van der Waals surface area (Å²) >= 11 is 11.8. The molecule has 0 amide bonds. The molecule has 1 nitrogen and oxygen atoms in total. The van der Waals surface area contributed by atoms with Gasteiger partial charge in [-0.1, -0.05) is 44.0 Å². The predicted molar refractivity (Wildman–Crippen MR) is 69.0 cm³/mol. The number of rotatable bonds is 4. The van der Waals surface area contributed by atoms with Crippen LogP contribution >= 0.6 is 23.2 Å². The second kappa shape index (κ2) is 5.62. The summed E-state index contributed by atoms with van der Waals surface area (Å²) in [5.41, 5.74) is 1.03. The third-order valence-corrected chi connectivity index (χ3v) is 3.26. The molecule has 0 heterocycles. The summed E-state index contributed by atoms with van der Waals surface area (Å²) in [6.07, 6.45) is 1.10. The van der Waals surface area contributed by atoms with Crippen molar-refractivity contribution in [1.82, 2.24) is 0 Å². The van der Waals surface area contributed by atoms with Crippen LogP contribution in [0.4, 0.5) is 5.69 Å². The Morgan fingerprint density at radius 1 is 1.20 bits per heavy atom. The lowest BCUT2D eigenvalue weighted by atomic mass is 10.0. The van der Waals surface area contributed by atoms with Gasteiger partial charge < -0.3 is 5.32 Å². The van der Waals surface area contributed by atoms with E-state index < -0.39 is 0 Å². The predicted octanol–water partition coefficient (Wildman–Crippen LogP) is 4.84. The highest BCUT2D eigenvalue weighted by molar-refractivity contribution is 6.42. The molecule has 0 radical (unpaired) electrons. The lowest BCUT2D eigenvalue weighted by Gasteiger charge is -2.22. The molecule has 0 spiro atoms. The van der Waals surface area contributed by atoms with E-state index in [-0.39, 0.29) is 0 Å². The molecule has 1 unspecified atom stereocenters. The monoisotopic (exact) mass is 245 g/mol. The van der Waals surface area contributed by atoms with E-state index in [0.29, 0.717) is 22.0 Å². The molecule has 0 aliphatic carbocycles. The fourth-order valence-corrected chi connectivity index (χ4v) is 1.84. The van der Waals surface area contributed by atoms with Crippen molar-refractivity contribution >= 4 is 28.9 Å². The quantitative estimate of drug-likeness (QED) is 0.801. The molecule has 0 aliphatic rings. The zero-order chi connectivity index (χ0) is 11.4. The number of hydrogen-bond acceptors (Lipinski definition) is 1. The van der Waals surface area contributed by atoms with E-state index in [9.17, 15) is 0 Å². The van der Waals surface area contributed by atoms with Crippen LogP contribution in [0.25, 0.3) is 0 Å². The van der Waals surface area contributed by atoms with Gasteiger partial charge in [-0.2, -0.15) is 0 Å². The maximum atomic E-state index is 5.95. The van der Waals surface area contributed by atoms with Crippen LogP contribution in [0.5, 0.6) is 0 Å². The van der Waals surface area contributed by atoms with Gasteiger partial charge in [0.2, 0.25) is 0 Å². The van der Waals surface area contributed by atoms with Crippen molar-refractivity contribution in [1.29, 1.82) is 0 Å². The average Bonchev–Trinajstić information content (AvgIpc) is 2.19. The van der Waals surface area contributed by atoms with Crippen LogP contribution in [0, 0.1) is 5.92 Å². The molecule has 1 aromatic carbocycles. The van der Waals surface area contributed by atoms with Crippen molar-refractivity contribution in [2.75, 3.05) is 5.32 Å². The summed E-state index contributed by atoms with van der Waals surface area (Å²) in [4.78, 5) is 0. The van der Waals surface area contributed by atoms with Crippen LogP contribution in [-0.2, 0) is 0 Å². The minimum atomic E-state index is 0.474. The second-order valence-corrected chi connectivity index (χ2v) is 4.85. The molecule has 15 heavy (non-hydrogen) atoms. The molecule has 1 aromatic rings. The van der Waals surface area contributed by atoms with Crippen molar-refractivity contribution in [2.24, 2.45) is 5.92 Å². The van der Waals surface area contributed by atoms with E-state index in [1.54, 1.807) is 0 Å². The Kier molecular flexibility index (Phi) is 4.75. The molecule has 84 valence electrons. The number of nitrogens with one attached hydrogen (secondary N) is 1. The molecule has 0 saturated heterocycles. The first-order valence-corrected chi connectivity index (χ1v) is 6.01. The molecule has 1 rings (SSSR count). The Hall–Kier alpha value is -0.400. The van der Waals surface area contributed by atoms with E-state index in [4.69, 9.17) is 23.2 Å². The molecule has 0 aromatic heterocycles. The molecular weight excluding hydrogens is 229 g/mol. The molecule has 0 fully saturated rings. The van der Waals surface area contributed by atoms with E-state index in [1.165, 1.54) is 0 Å². The Balaban J connectivity index is 2.75. The summed E-state index contributed by atoms with van der Waals surface area (Å²) in [7, 11) is 0. The topological polar surface area (TPSA) is 12.0 Å². The number of hydrogen-bond donors (Lipinski definition) is 1. The molecule has 3 heteroatoms. The van der Waals surface area contributed by atoms with Crippen molar-refractivity contribution in [3.05, 3.63) is 28.2 Å². The zero-order valence-electron chi connectivity index (χ0n) is 9.35. The van der Waals surface area contributed by atoms with E-state index in [1.807, 2.05) is 18.2 Å². The van der Waals surface area contributed by atoms with Crippen molar-refractivity contribution < 1.29 is 0 Å². The van der Waals surface area contributed by atoms with Crippen molar-refractivity contribution in [3.8, 4) is 0 Å². The summed E-state index contributed by atoms with van der Waals surface area (Å²) in [6, 6.07) is 6.12. The molecule has 0 bridgehead atoms. The lowest BCUT2D eigenvalue weighted by Crippen LogP contribution is -2.24. The smallest absolute Gasteiger partial charge is 0.0612 e. The van der Waals surface area contributed by atoms with E-state index >= 15 is 0 Å². The lowest BCUT2D eigenvalue weighted by molar-refractivity contribution is 0.511. The van der Waals surface area contributed by atoms with Crippen LogP contribution in [0.15, 0.2) is 18.2 Å². The fraction of sp³-hybridized carbons (Fsp3) is 0.500. The van der Waals surface area contributed by atoms with Crippen LogP contribution in [0.3, 0.4) is 0 Å². The van der Waals surface area contributed by atoms with Gasteiger partial charge in [-0.05, 0) is 30.5 Å². The van der Waals surface area contributed by atoms with Gasteiger partial charge >= 0.3 is 0 Å². The normalized spacial score (nSPS) is 12.9. The maximum absolute atomic E-state index is 5.95. The highest BCUT2D eigenvalue weighted by Gasteiger charge is 2.10. The van der Waals surface area contributed by atoms with Gasteiger partial charge in [-0.15, -0.1) is 0 Å². The van der Waals surface area contributed by atoms with Gasteiger partial charge in [0.25, 0.3) is 0 Å². The van der Waals surface area contributed by atoms with E-state index in [0.717, 1.165) is 12.1 Å². The molecule has 0 saturated carbocycles. The van der Waals surface area contributed by atoms with Crippen LogP contribution in [0.2, 0.25) is 10.0 Å². The van der Waals surface area contributed by atoms with Crippen LogP contribution in [-0.4, -0.2) is 6.04 Å². The number of anilines is 1. The summed E-state index contributed by atoms with van der Waals surface area (Å²) < 4.78 is 0. The van der Waals surface area contributed by atoms with Crippen molar-refractivity contribution in [2.45, 2.75) is 33.2 Å². The van der Waals surface area contributed by atoms with Gasteiger partial charge in [0.15, 0.2) is 0 Å². The third kappa shape index (κ3) is 3.58. The van der Waals surface area contributed by atoms with Gasteiger partial charge in [0.05, 0.1) is 10.0 Å². The standard InChI is InChI=1S/C12H17Cl2N/c1-4-12(8(2)3)15-9-5-6-10(13)11(14)7-9/h5-8,12,15H,4H2,1-3H3.